The zero-order chi connectivity index (χ0) is 18.9. The van der Waals surface area contributed by atoms with Crippen LogP contribution in [0.3, 0.4) is 0 Å². The van der Waals surface area contributed by atoms with Gasteiger partial charge in [0.15, 0.2) is 0 Å². The number of para-hydroxylation sites is 2. The van der Waals surface area contributed by atoms with Crippen LogP contribution in [-0.4, -0.2) is 35.7 Å². The molecule has 0 aromatic heterocycles. The number of fused-ring (bicyclic) bond motifs is 3. The number of anilines is 2. The summed E-state index contributed by atoms with van der Waals surface area (Å²) in [6.45, 7) is 3.24. The Hall–Kier alpha value is -2.27. The highest BCUT2D eigenvalue weighted by Gasteiger charge is 2.26. The van der Waals surface area contributed by atoms with Crippen molar-refractivity contribution in [3.63, 3.8) is 0 Å². The van der Waals surface area contributed by atoms with Gasteiger partial charge in [0.25, 0.3) is 0 Å². The standard InChI is InChI=1S/C24H24N2OS/c27-20(16-25-14-13-18-7-1-2-8-19(18)15-25)17-26-21-9-3-5-11-23(21)28-24-12-6-4-10-22(24)26/h1-12,20,27H,13-17H2/t20-/m0/s1. The molecule has 0 saturated heterocycles. The second-order valence-corrected chi connectivity index (χ2v) is 8.64. The molecule has 2 heterocycles. The van der Waals surface area contributed by atoms with Gasteiger partial charge < -0.3 is 10.0 Å². The molecule has 142 valence electrons. The van der Waals surface area contributed by atoms with E-state index in [0.717, 1.165) is 19.5 Å². The predicted molar refractivity (Wildman–Crippen MR) is 115 cm³/mol. The fourth-order valence-electron chi connectivity index (χ4n) is 4.25. The molecule has 5 rings (SSSR count). The summed E-state index contributed by atoms with van der Waals surface area (Å²) in [7, 11) is 0. The van der Waals surface area contributed by atoms with Gasteiger partial charge in [-0.25, -0.2) is 0 Å². The molecular weight excluding hydrogens is 364 g/mol. The van der Waals surface area contributed by atoms with Crippen molar-refractivity contribution in [2.45, 2.75) is 28.9 Å². The van der Waals surface area contributed by atoms with Crippen LogP contribution < -0.4 is 4.90 Å². The van der Waals surface area contributed by atoms with Crippen molar-refractivity contribution in [1.82, 2.24) is 4.90 Å². The van der Waals surface area contributed by atoms with Gasteiger partial charge in [-0.05, 0) is 41.8 Å². The quantitative estimate of drug-likeness (QED) is 0.700. The van der Waals surface area contributed by atoms with Crippen LogP contribution >= 0.6 is 11.8 Å². The van der Waals surface area contributed by atoms with E-state index in [1.54, 1.807) is 0 Å². The molecule has 0 spiro atoms. The fraction of sp³-hybridized carbons (Fsp3) is 0.250. The number of rotatable bonds is 4. The van der Waals surface area contributed by atoms with E-state index < -0.39 is 6.10 Å². The zero-order valence-corrected chi connectivity index (χ0v) is 16.6. The number of hydrogen-bond donors (Lipinski definition) is 1. The average molecular weight is 389 g/mol. The maximum absolute atomic E-state index is 11.0. The summed E-state index contributed by atoms with van der Waals surface area (Å²) < 4.78 is 0. The van der Waals surface area contributed by atoms with Gasteiger partial charge in [0, 0.05) is 29.4 Å². The van der Waals surface area contributed by atoms with Gasteiger partial charge in [-0.2, -0.15) is 0 Å². The van der Waals surface area contributed by atoms with Crippen molar-refractivity contribution in [2.24, 2.45) is 0 Å². The van der Waals surface area contributed by atoms with Crippen LogP contribution in [0.2, 0.25) is 0 Å². The third kappa shape index (κ3) is 3.44. The summed E-state index contributed by atoms with van der Waals surface area (Å²) in [4.78, 5) is 7.16. The molecule has 0 amide bonds. The SMILES string of the molecule is O[C@@H](CN1CCc2ccccc2C1)CN1c2ccccc2Sc2ccccc21. The molecule has 0 fully saturated rings. The average Bonchev–Trinajstić information content (AvgIpc) is 2.73. The summed E-state index contributed by atoms with van der Waals surface area (Å²) in [5, 5.41) is 11.0. The van der Waals surface area contributed by atoms with E-state index in [-0.39, 0.29) is 0 Å². The Morgan fingerprint density at radius 3 is 2.11 bits per heavy atom. The maximum atomic E-state index is 11.0. The monoisotopic (exact) mass is 388 g/mol. The van der Waals surface area contributed by atoms with E-state index in [1.807, 2.05) is 11.8 Å². The van der Waals surface area contributed by atoms with E-state index in [4.69, 9.17) is 0 Å². The summed E-state index contributed by atoms with van der Waals surface area (Å²) in [6.07, 6.45) is 0.657. The second-order valence-electron chi connectivity index (χ2n) is 7.56. The van der Waals surface area contributed by atoms with E-state index in [1.165, 1.54) is 32.3 Å². The first-order valence-electron chi connectivity index (χ1n) is 9.88. The van der Waals surface area contributed by atoms with Gasteiger partial charge in [0.2, 0.25) is 0 Å². The van der Waals surface area contributed by atoms with E-state index in [2.05, 4.69) is 82.6 Å². The smallest absolute Gasteiger partial charge is 0.0846 e. The third-order valence-electron chi connectivity index (χ3n) is 5.60. The molecule has 3 aromatic carbocycles. The molecule has 2 aliphatic heterocycles. The Kier molecular flexibility index (Phi) is 4.85. The first-order chi connectivity index (χ1) is 13.8. The highest BCUT2D eigenvalue weighted by Crippen LogP contribution is 2.47. The fourth-order valence-corrected chi connectivity index (χ4v) is 5.35. The van der Waals surface area contributed by atoms with Crippen molar-refractivity contribution < 1.29 is 5.11 Å². The van der Waals surface area contributed by atoms with Gasteiger partial charge in [0.1, 0.15) is 0 Å². The van der Waals surface area contributed by atoms with Crippen LogP contribution in [0.5, 0.6) is 0 Å². The minimum Gasteiger partial charge on any atom is -0.390 e. The minimum atomic E-state index is -0.408. The van der Waals surface area contributed by atoms with Crippen LogP contribution in [0.4, 0.5) is 11.4 Å². The Bertz CT molecular complexity index is 944. The summed E-state index contributed by atoms with van der Waals surface area (Å²) in [5.74, 6) is 0. The first-order valence-corrected chi connectivity index (χ1v) is 10.7. The van der Waals surface area contributed by atoms with Crippen LogP contribution in [0, 0.1) is 0 Å². The topological polar surface area (TPSA) is 26.7 Å². The molecule has 0 saturated carbocycles. The minimum absolute atomic E-state index is 0.408. The maximum Gasteiger partial charge on any atom is 0.0846 e. The van der Waals surface area contributed by atoms with Crippen LogP contribution in [0.1, 0.15) is 11.1 Å². The van der Waals surface area contributed by atoms with Gasteiger partial charge in [-0.1, -0.05) is 60.3 Å². The lowest BCUT2D eigenvalue weighted by Crippen LogP contribution is -2.41. The molecule has 28 heavy (non-hydrogen) atoms. The van der Waals surface area contributed by atoms with Crippen LogP contribution in [0.15, 0.2) is 82.6 Å². The second kappa shape index (κ2) is 7.63. The Morgan fingerprint density at radius 2 is 1.39 bits per heavy atom. The number of β-amino-alcohol motifs (C(OH)–C–C–N with tert-alkyl or cyclic N) is 1. The van der Waals surface area contributed by atoms with Crippen molar-refractivity contribution in [2.75, 3.05) is 24.5 Å². The molecule has 4 heteroatoms. The Balaban J connectivity index is 1.34. The molecule has 3 nitrogen and oxygen atoms in total. The number of aliphatic hydroxyl groups excluding tert-OH is 1. The molecule has 1 atom stereocenters. The lowest BCUT2D eigenvalue weighted by atomic mass is 10.00. The Labute approximate surface area is 170 Å². The van der Waals surface area contributed by atoms with E-state index in [0.29, 0.717) is 13.1 Å². The molecule has 0 unspecified atom stereocenters. The third-order valence-corrected chi connectivity index (χ3v) is 6.73. The van der Waals surface area contributed by atoms with Crippen LogP contribution in [0.25, 0.3) is 0 Å². The lowest BCUT2D eigenvalue weighted by Gasteiger charge is -2.36. The predicted octanol–water partition coefficient (Wildman–Crippen LogP) is 4.71. The van der Waals surface area contributed by atoms with Gasteiger partial charge in [-0.15, -0.1) is 0 Å². The largest absolute Gasteiger partial charge is 0.390 e. The van der Waals surface area contributed by atoms with Gasteiger partial charge in [0.05, 0.1) is 24.0 Å². The molecule has 3 aromatic rings. The molecular formula is C24H24N2OS. The van der Waals surface area contributed by atoms with Crippen LogP contribution in [-0.2, 0) is 13.0 Å². The summed E-state index contributed by atoms with van der Waals surface area (Å²) in [6, 6.07) is 25.6. The van der Waals surface area contributed by atoms with E-state index in [9.17, 15) is 5.11 Å². The zero-order valence-electron chi connectivity index (χ0n) is 15.8. The van der Waals surface area contributed by atoms with E-state index >= 15 is 0 Å². The number of benzene rings is 3. The number of nitrogens with zero attached hydrogens (tertiary/aromatic N) is 2. The normalized spacial score (nSPS) is 16.8. The Morgan fingerprint density at radius 1 is 0.786 bits per heavy atom. The van der Waals surface area contributed by atoms with Crippen molar-refractivity contribution in [3.8, 4) is 0 Å². The number of aliphatic hydroxyl groups is 1. The molecule has 2 aliphatic rings. The highest BCUT2D eigenvalue weighted by molar-refractivity contribution is 7.99. The van der Waals surface area contributed by atoms with Crippen molar-refractivity contribution >= 4 is 23.1 Å². The summed E-state index contributed by atoms with van der Waals surface area (Å²) in [5.41, 5.74) is 5.22. The summed E-state index contributed by atoms with van der Waals surface area (Å²) >= 11 is 1.81. The highest BCUT2D eigenvalue weighted by atomic mass is 32.2. The molecule has 0 radical (unpaired) electrons. The first kappa shape index (κ1) is 17.8. The molecule has 0 aliphatic carbocycles. The van der Waals surface area contributed by atoms with Gasteiger partial charge in [-0.3, -0.25) is 4.90 Å². The molecule has 1 N–H and O–H groups in total. The van der Waals surface area contributed by atoms with Gasteiger partial charge >= 0.3 is 0 Å². The molecule has 0 bridgehead atoms. The number of hydrogen-bond acceptors (Lipinski definition) is 4. The van der Waals surface area contributed by atoms with Crippen molar-refractivity contribution in [1.29, 1.82) is 0 Å². The van der Waals surface area contributed by atoms with Crippen molar-refractivity contribution in [3.05, 3.63) is 83.9 Å². The lowest BCUT2D eigenvalue weighted by molar-refractivity contribution is 0.111.